The third-order valence-electron chi connectivity index (χ3n) is 4.15. The van der Waals surface area contributed by atoms with Crippen molar-refractivity contribution in [2.75, 3.05) is 25.0 Å². The van der Waals surface area contributed by atoms with Gasteiger partial charge in [0.2, 0.25) is 5.91 Å². The molecule has 8 heteroatoms. The van der Waals surface area contributed by atoms with Crippen molar-refractivity contribution in [3.05, 3.63) is 35.8 Å². The lowest BCUT2D eigenvalue weighted by Gasteiger charge is -2.29. The Morgan fingerprint density at radius 1 is 1.44 bits per heavy atom. The van der Waals surface area contributed by atoms with Crippen LogP contribution >= 0.6 is 0 Å². The zero-order chi connectivity index (χ0) is 17.8. The molecule has 1 atom stereocenters. The highest BCUT2D eigenvalue weighted by Crippen LogP contribution is 2.27. The first-order chi connectivity index (χ1) is 12.1. The molecule has 0 bridgehead atoms. The molecule has 0 radical (unpaired) electrons. The fourth-order valence-corrected chi connectivity index (χ4v) is 2.75. The van der Waals surface area contributed by atoms with Crippen molar-refractivity contribution in [1.82, 2.24) is 19.9 Å². The topological polar surface area (TPSA) is 111 Å². The maximum atomic E-state index is 11.7. The van der Waals surface area contributed by atoms with Crippen molar-refractivity contribution in [2.45, 2.75) is 26.0 Å². The number of pyridine rings is 1. The Hall–Kier alpha value is -2.58. The van der Waals surface area contributed by atoms with Gasteiger partial charge in [-0.15, -0.1) is 0 Å². The van der Waals surface area contributed by atoms with Gasteiger partial charge in [0, 0.05) is 43.5 Å². The average Bonchev–Trinajstić information content (AvgIpc) is 2.65. The molecule has 0 unspecified atom stereocenters. The summed E-state index contributed by atoms with van der Waals surface area (Å²) in [5.74, 6) is 1.15. The summed E-state index contributed by atoms with van der Waals surface area (Å²) in [6.07, 6.45) is 3.13. The third kappa shape index (κ3) is 3.92. The Morgan fingerprint density at radius 2 is 2.28 bits per heavy atom. The number of nitrogens with zero attached hydrogens (tertiary/aromatic N) is 4. The van der Waals surface area contributed by atoms with Crippen LogP contribution in [-0.4, -0.2) is 61.8 Å². The van der Waals surface area contributed by atoms with Gasteiger partial charge in [0.05, 0.1) is 24.9 Å². The largest absolute Gasteiger partial charge is 0.394 e. The molecule has 0 aliphatic carbocycles. The van der Waals surface area contributed by atoms with Crippen LogP contribution in [0.2, 0.25) is 0 Å². The first kappa shape index (κ1) is 17.2. The van der Waals surface area contributed by atoms with Gasteiger partial charge in [-0.05, 0) is 18.6 Å². The number of hydrogen-bond donors (Lipinski definition) is 3. The average molecular weight is 343 g/mol. The monoisotopic (exact) mass is 343 g/mol. The van der Waals surface area contributed by atoms with Crippen LogP contribution in [0.4, 0.5) is 5.82 Å². The number of carbonyl (C=O) groups is 1. The van der Waals surface area contributed by atoms with Gasteiger partial charge in [0.1, 0.15) is 5.82 Å². The molecule has 1 aliphatic rings. The summed E-state index contributed by atoms with van der Waals surface area (Å²) in [6.45, 7) is 2.44. The summed E-state index contributed by atoms with van der Waals surface area (Å²) in [5, 5.41) is 21.7. The number of aliphatic hydroxyl groups excluding tert-OH is 2. The highest BCUT2D eigenvalue weighted by Gasteiger charge is 2.24. The Morgan fingerprint density at radius 3 is 2.96 bits per heavy atom. The number of fused-ring (bicyclic) bond motifs is 1. The van der Waals surface area contributed by atoms with Crippen molar-refractivity contribution in [3.63, 3.8) is 0 Å². The molecule has 3 N–H and O–H groups in total. The molecule has 1 amide bonds. The van der Waals surface area contributed by atoms with Gasteiger partial charge < -0.3 is 20.4 Å². The van der Waals surface area contributed by atoms with Gasteiger partial charge in [-0.25, -0.2) is 9.97 Å². The van der Waals surface area contributed by atoms with Crippen molar-refractivity contribution in [1.29, 1.82) is 0 Å². The summed E-state index contributed by atoms with van der Waals surface area (Å²) in [5.41, 5.74) is 2.50. The van der Waals surface area contributed by atoms with E-state index in [1.807, 2.05) is 12.1 Å². The maximum Gasteiger partial charge on any atom is 0.219 e. The number of amides is 1. The Kier molecular flexibility index (Phi) is 5.20. The van der Waals surface area contributed by atoms with Gasteiger partial charge >= 0.3 is 0 Å². The number of anilines is 1. The minimum absolute atomic E-state index is 0.0115. The van der Waals surface area contributed by atoms with Gasteiger partial charge in [-0.2, -0.15) is 0 Å². The summed E-state index contributed by atoms with van der Waals surface area (Å²) in [6, 6.07) is 3.68. The number of aromatic nitrogens is 3. The van der Waals surface area contributed by atoms with Crippen LogP contribution in [-0.2, 0) is 17.8 Å². The molecule has 0 fully saturated rings. The smallest absolute Gasteiger partial charge is 0.219 e. The maximum absolute atomic E-state index is 11.7. The van der Waals surface area contributed by atoms with E-state index in [-0.39, 0.29) is 19.1 Å². The molecule has 3 heterocycles. The van der Waals surface area contributed by atoms with Crippen LogP contribution < -0.4 is 5.32 Å². The minimum Gasteiger partial charge on any atom is -0.394 e. The highest BCUT2D eigenvalue weighted by atomic mass is 16.3. The molecule has 0 aromatic carbocycles. The van der Waals surface area contributed by atoms with E-state index in [9.17, 15) is 9.90 Å². The van der Waals surface area contributed by atoms with E-state index in [4.69, 9.17) is 5.11 Å². The molecular weight excluding hydrogens is 322 g/mol. The number of rotatable bonds is 5. The van der Waals surface area contributed by atoms with E-state index in [0.29, 0.717) is 31.2 Å². The fourth-order valence-electron chi connectivity index (χ4n) is 2.75. The van der Waals surface area contributed by atoms with Gasteiger partial charge in [0.25, 0.3) is 0 Å². The predicted molar refractivity (Wildman–Crippen MR) is 91.6 cm³/mol. The van der Waals surface area contributed by atoms with Crippen molar-refractivity contribution >= 4 is 11.7 Å². The van der Waals surface area contributed by atoms with Gasteiger partial charge in [0.15, 0.2) is 5.82 Å². The lowest BCUT2D eigenvalue weighted by Crippen LogP contribution is -2.36. The normalized spacial score (nSPS) is 14.8. The molecule has 3 rings (SSSR count). The molecule has 1 aliphatic heterocycles. The van der Waals surface area contributed by atoms with E-state index in [2.05, 4.69) is 20.3 Å². The summed E-state index contributed by atoms with van der Waals surface area (Å²) < 4.78 is 0. The molecule has 132 valence electrons. The van der Waals surface area contributed by atoms with Crippen LogP contribution in [0, 0.1) is 0 Å². The van der Waals surface area contributed by atoms with E-state index >= 15 is 0 Å². The zero-order valence-electron chi connectivity index (χ0n) is 14.0. The minimum atomic E-state index is -0.871. The standard InChI is InChI=1S/C17H21N5O3/c1-11(24)22-6-4-14-15(9-22)20-16(12-3-2-5-18-7-12)21-17(14)19-8-13(25)10-23/h2-3,5,7,13,23,25H,4,6,8-10H2,1H3,(H,19,20,21)/t13-/m0/s1. The zero-order valence-corrected chi connectivity index (χ0v) is 14.0. The number of carbonyl (C=O) groups excluding carboxylic acids is 1. The highest BCUT2D eigenvalue weighted by molar-refractivity contribution is 5.74. The molecule has 0 saturated heterocycles. The molecule has 2 aromatic rings. The van der Waals surface area contributed by atoms with Crippen LogP contribution in [0.15, 0.2) is 24.5 Å². The van der Waals surface area contributed by atoms with E-state index in [1.165, 1.54) is 0 Å². The van der Waals surface area contributed by atoms with Crippen molar-refractivity contribution in [3.8, 4) is 11.4 Å². The van der Waals surface area contributed by atoms with Crippen LogP contribution in [0.25, 0.3) is 11.4 Å². The molecular formula is C17H21N5O3. The summed E-state index contributed by atoms with van der Waals surface area (Å²) in [7, 11) is 0. The van der Waals surface area contributed by atoms with E-state index in [0.717, 1.165) is 16.8 Å². The number of hydrogen-bond acceptors (Lipinski definition) is 7. The van der Waals surface area contributed by atoms with E-state index in [1.54, 1.807) is 24.2 Å². The lowest BCUT2D eigenvalue weighted by molar-refractivity contribution is -0.129. The molecule has 2 aromatic heterocycles. The molecule has 25 heavy (non-hydrogen) atoms. The Labute approximate surface area is 145 Å². The summed E-state index contributed by atoms with van der Waals surface area (Å²) in [4.78, 5) is 26.7. The number of nitrogens with one attached hydrogen (secondary N) is 1. The second-order valence-electron chi connectivity index (χ2n) is 5.97. The quantitative estimate of drug-likeness (QED) is 0.711. The fraction of sp³-hybridized carbons (Fsp3) is 0.412. The van der Waals surface area contributed by atoms with Crippen LogP contribution in [0.5, 0.6) is 0 Å². The van der Waals surface area contributed by atoms with Crippen LogP contribution in [0.3, 0.4) is 0 Å². The van der Waals surface area contributed by atoms with Crippen molar-refractivity contribution in [2.24, 2.45) is 0 Å². The number of aliphatic hydroxyl groups is 2. The van der Waals surface area contributed by atoms with Crippen LogP contribution in [0.1, 0.15) is 18.2 Å². The first-order valence-electron chi connectivity index (χ1n) is 8.17. The first-order valence-corrected chi connectivity index (χ1v) is 8.17. The Balaban J connectivity index is 1.98. The molecule has 8 nitrogen and oxygen atoms in total. The second kappa shape index (κ2) is 7.54. The van der Waals surface area contributed by atoms with Gasteiger partial charge in [-0.1, -0.05) is 0 Å². The molecule has 0 spiro atoms. The third-order valence-corrected chi connectivity index (χ3v) is 4.15. The van der Waals surface area contributed by atoms with Gasteiger partial charge in [-0.3, -0.25) is 9.78 Å². The lowest BCUT2D eigenvalue weighted by atomic mass is 10.0. The molecule has 0 saturated carbocycles. The van der Waals surface area contributed by atoms with E-state index < -0.39 is 6.10 Å². The SMILES string of the molecule is CC(=O)N1CCc2c(nc(-c3cccnc3)nc2NC[C@H](O)CO)C1. The second-order valence-corrected chi connectivity index (χ2v) is 5.97. The van der Waals surface area contributed by atoms with Crippen molar-refractivity contribution < 1.29 is 15.0 Å². The predicted octanol–water partition coefficient (Wildman–Crippen LogP) is 0.208. The summed E-state index contributed by atoms with van der Waals surface area (Å²) >= 11 is 0. The Bertz CT molecular complexity index is 753.